The van der Waals surface area contributed by atoms with Crippen LogP contribution in [0.2, 0.25) is 4.34 Å². The van der Waals surface area contributed by atoms with Crippen LogP contribution in [-0.4, -0.2) is 22.4 Å². The number of thiophene rings is 2. The van der Waals surface area contributed by atoms with Crippen LogP contribution in [0.15, 0.2) is 18.5 Å². The molecular formula is C16H13ClN2O2S2. The van der Waals surface area contributed by atoms with E-state index in [1.807, 2.05) is 0 Å². The minimum Gasteiger partial charge on any atom is -0.469 e. The average molecular weight is 365 g/mol. The highest BCUT2D eigenvalue weighted by Gasteiger charge is 2.21. The van der Waals surface area contributed by atoms with Crippen molar-refractivity contribution in [2.24, 2.45) is 0 Å². The monoisotopic (exact) mass is 364 g/mol. The molecule has 4 nitrogen and oxygen atoms in total. The minimum atomic E-state index is -0.0854. The third kappa shape index (κ3) is 2.86. The number of ketones is 1. The molecule has 0 bridgehead atoms. The quantitative estimate of drug-likeness (QED) is 0.637. The number of carbonyl (C=O) groups is 1. The van der Waals surface area contributed by atoms with Crippen molar-refractivity contribution in [3.8, 4) is 5.88 Å². The standard InChI is InChI=1S/C16H13ClN2O2S2/c17-13-6-5-12(22-13)10(20)7-21-15-14-9-3-1-2-4-11(9)23-16(14)19-8-18-15/h5-6,8H,1-4,7H2. The minimum absolute atomic E-state index is 0.0342. The van der Waals surface area contributed by atoms with Crippen molar-refractivity contribution >= 4 is 50.3 Å². The number of hydrogen-bond donors (Lipinski definition) is 0. The van der Waals surface area contributed by atoms with Gasteiger partial charge in [-0.25, -0.2) is 9.97 Å². The molecular weight excluding hydrogens is 352 g/mol. The van der Waals surface area contributed by atoms with Crippen molar-refractivity contribution < 1.29 is 9.53 Å². The Kier molecular flexibility index (Phi) is 4.05. The van der Waals surface area contributed by atoms with Crippen LogP contribution in [0, 0.1) is 0 Å². The highest BCUT2D eigenvalue weighted by molar-refractivity contribution is 7.19. The molecule has 0 saturated carbocycles. The van der Waals surface area contributed by atoms with E-state index in [1.165, 1.54) is 40.9 Å². The van der Waals surface area contributed by atoms with Gasteiger partial charge in [0.1, 0.15) is 11.2 Å². The second kappa shape index (κ2) is 6.19. The van der Waals surface area contributed by atoms with Gasteiger partial charge in [0.2, 0.25) is 11.7 Å². The molecule has 7 heteroatoms. The summed E-state index contributed by atoms with van der Waals surface area (Å²) in [7, 11) is 0. The van der Waals surface area contributed by atoms with E-state index < -0.39 is 0 Å². The lowest BCUT2D eigenvalue weighted by Crippen LogP contribution is -2.11. The van der Waals surface area contributed by atoms with Crippen LogP contribution in [0.5, 0.6) is 5.88 Å². The van der Waals surface area contributed by atoms with Gasteiger partial charge in [-0.3, -0.25) is 4.79 Å². The fourth-order valence-electron chi connectivity index (χ4n) is 2.84. The van der Waals surface area contributed by atoms with Crippen molar-refractivity contribution in [1.29, 1.82) is 0 Å². The number of halogens is 1. The summed E-state index contributed by atoms with van der Waals surface area (Å²) >= 11 is 8.85. The Morgan fingerprint density at radius 1 is 1.22 bits per heavy atom. The first kappa shape index (κ1) is 15.1. The topological polar surface area (TPSA) is 52.1 Å². The zero-order chi connectivity index (χ0) is 15.8. The van der Waals surface area contributed by atoms with Gasteiger partial charge in [-0.05, 0) is 43.4 Å². The highest BCUT2D eigenvalue weighted by atomic mass is 35.5. The predicted molar refractivity (Wildman–Crippen MR) is 93.2 cm³/mol. The maximum absolute atomic E-state index is 12.2. The first-order valence-electron chi connectivity index (χ1n) is 7.39. The molecule has 3 aromatic rings. The summed E-state index contributed by atoms with van der Waals surface area (Å²) in [6.07, 6.45) is 6.04. The summed E-state index contributed by atoms with van der Waals surface area (Å²) < 4.78 is 6.34. The first-order valence-corrected chi connectivity index (χ1v) is 9.40. The number of fused-ring (bicyclic) bond motifs is 3. The van der Waals surface area contributed by atoms with Gasteiger partial charge in [-0.2, -0.15) is 0 Å². The number of aromatic nitrogens is 2. The first-order chi connectivity index (χ1) is 11.2. The highest BCUT2D eigenvalue weighted by Crippen LogP contribution is 2.39. The maximum atomic E-state index is 12.2. The fourth-order valence-corrected chi connectivity index (χ4v) is 5.03. The van der Waals surface area contributed by atoms with Crippen LogP contribution < -0.4 is 4.74 Å². The largest absolute Gasteiger partial charge is 0.469 e. The number of rotatable bonds is 4. The van der Waals surface area contributed by atoms with E-state index in [-0.39, 0.29) is 12.4 Å². The Bertz CT molecular complexity index is 887. The van der Waals surface area contributed by atoms with Gasteiger partial charge in [0.05, 0.1) is 14.6 Å². The van der Waals surface area contributed by atoms with Gasteiger partial charge in [0.25, 0.3) is 0 Å². The van der Waals surface area contributed by atoms with Gasteiger partial charge < -0.3 is 4.74 Å². The molecule has 3 aromatic heterocycles. The lowest BCUT2D eigenvalue weighted by molar-refractivity contribution is 0.0923. The van der Waals surface area contributed by atoms with Crippen molar-refractivity contribution in [2.45, 2.75) is 25.7 Å². The summed E-state index contributed by atoms with van der Waals surface area (Å²) in [5.74, 6) is 0.433. The van der Waals surface area contributed by atoms with E-state index in [9.17, 15) is 4.79 Å². The Morgan fingerprint density at radius 3 is 2.91 bits per heavy atom. The lowest BCUT2D eigenvalue weighted by Gasteiger charge is -2.11. The van der Waals surface area contributed by atoms with E-state index in [4.69, 9.17) is 16.3 Å². The Labute approximate surface area is 146 Å². The molecule has 23 heavy (non-hydrogen) atoms. The van der Waals surface area contributed by atoms with Crippen LogP contribution in [0.4, 0.5) is 0 Å². The molecule has 0 unspecified atom stereocenters. The molecule has 0 atom stereocenters. The molecule has 1 aliphatic carbocycles. The van der Waals surface area contributed by atoms with Gasteiger partial charge in [0, 0.05) is 4.88 Å². The summed E-state index contributed by atoms with van der Waals surface area (Å²) in [4.78, 5) is 23.7. The molecule has 0 aliphatic heterocycles. The van der Waals surface area contributed by atoms with E-state index in [2.05, 4.69) is 9.97 Å². The number of hydrogen-bond acceptors (Lipinski definition) is 6. The van der Waals surface area contributed by atoms with Gasteiger partial charge in [-0.15, -0.1) is 22.7 Å². The number of aryl methyl sites for hydroxylation is 2. The van der Waals surface area contributed by atoms with Crippen LogP contribution in [0.1, 0.15) is 33.0 Å². The Balaban J connectivity index is 1.61. The molecule has 1 aliphatic rings. The Hall–Kier alpha value is -1.50. The molecule has 0 aromatic carbocycles. The van der Waals surface area contributed by atoms with Gasteiger partial charge in [0.15, 0.2) is 6.61 Å². The third-order valence-corrected chi connectivity index (χ3v) is 6.38. The second-order valence-electron chi connectivity index (χ2n) is 5.39. The van der Waals surface area contributed by atoms with E-state index in [1.54, 1.807) is 23.5 Å². The van der Waals surface area contributed by atoms with Crippen molar-refractivity contribution in [1.82, 2.24) is 9.97 Å². The SMILES string of the molecule is O=C(COc1ncnc2sc3c(c12)CCCC3)c1ccc(Cl)s1. The molecule has 0 N–H and O–H groups in total. The average Bonchev–Trinajstić information content (AvgIpc) is 3.16. The van der Waals surface area contributed by atoms with Crippen molar-refractivity contribution in [2.75, 3.05) is 6.61 Å². The van der Waals surface area contributed by atoms with E-state index in [0.29, 0.717) is 15.1 Å². The van der Waals surface area contributed by atoms with Gasteiger partial charge >= 0.3 is 0 Å². The summed E-state index contributed by atoms with van der Waals surface area (Å²) in [6, 6.07) is 3.44. The number of carbonyl (C=O) groups excluding carboxylic acids is 1. The summed E-state index contributed by atoms with van der Waals surface area (Å²) in [5, 5.41) is 0.990. The zero-order valence-corrected chi connectivity index (χ0v) is 14.6. The van der Waals surface area contributed by atoms with Crippen LogP contribution >= 0.6 is 34.3 Å². The maximum Gasteiger partial charge on any atom is 0.226 e. The second-order valence-corrected chi connectivity index (χ2v) is 8.18. The molecule has 0 fully saturated rings. The van der Waals surface area contributed by atoms with E-state index in [0.717, 1.165) is 23.1 Å². The molecule has 0 saturated heterocycles. The van der Waals surface area contributed by atoms with Crippen LogP contribution in [-0.2, 0) is 12.8 Å². The molecule has 0 radical (unpaired) electrons. The molecule has 0 spiro atoms. The van der Waals surface area contributed by atoms with Crippen LogP contribution in [0.3, 0.4) is 0 Å². The summed E-state index contributed by atoms with van der Waals surface area (Å²) in [5.41, 5.74) is 1.30. The Morgan fingerprint density at radius 2 is 2.09 bits per heavy atom. The zero-order valence-electron chi connectivity index (χ0n) is 12.2. The lowest BCUT2D eigenvalue weighted by atomic mass is 9.97. The normalized spacial score (nSPS) is 14.0. The predicted octanol–water partition coefficient (Wildman–Crippen LogP) is 4.55. The fraction of sp³-hybridized carbons (Fsp3) is 0.312. The number of ether oxygens (including phenoxy) is 1. The van der Waals surface area contributed by atoms with Gasteiger partial charge in [-0.1, -0.05) is 11.6 Å². The number of nitrogens with zero attached hydrogens (tertiary/aromatic N) is 2. The van der Waals surface area contributed by atoms with Crippen molar-refractivity contribution in [3.63, 3.8) is 0 Å². The molecule has 3 heterocycles. The summed E-state index contributed by atoms with van der Waals surface area (Å²) in [6.45, 7) is -0.0342. The van der Waals surface area contributed by atoms with Crippen molar-refractivity contribution in [3.05, 3.63) is 38.1 Å². The smallest absolute Gasteiger partial charge is 0.226 e. The molecule has 4 rings (SSSR count). The number of Topliss-reactive ketones (excluding diaryl/α,β-unsaturated/α-hetero) is 1. The van der Waals surface area contributed by atoms with Crippen LogP contribution in [0.25, 0.3) is 10.2 Å². The third-order valence-electron chi connectivity index (χ3n) is 3.90. The van der Waals surface area contributed by atoms with E-state index >= 15 is 0 Å². The molecule has 0 amide bonds. The molecule has 118 valence electrons.